The molecule has 2 rings (SSSR count). The van der Waals surface area contributed by atoms with E-state index in [1.54, 1.807) is 0 Å². The summed E-state index contributed by atoms with van der Waals surface area (Å²) in [6, 6.07) is 2.31. The molecule has 2 nitrogen and oxygen atoms in total. The van der Waals surface area contributed by atoms with Crippen molar-refractivity contribution in [3.05, 3.63) is 21.4 Å². The van der Waals surface area contributed by atoms with Gasteiger partial charge in [0.25, 0.3) is 0 Å². The Bertz CT molecular complexity index is 345. The van der Waals surface area contributed by atoms with Crippen LogP contribution in [0.5, 0.6) is 0 Å². The lowest BCUT2D eigenvalue weighted by Gasteiger charge is -2.28. The maximum atomic E-state index is 3.66. The first-order valence-corrected chi connectivity index (χ1v) is 7.48. The topological polar surface area (TPSA) is 24.1 Å². The number of hydrogen-bond acceptors (Lipinski definition) is 3. The van der Waals surface area contributed by atoms with Gasteiger partial charge in [-0.1, -0.05) is 6.92 Å². The molecular weight excluding hydrogens is 228 g/mol. The quantitative estimate of drug-likeness (QED) is 0.842. The lowest BCUT2D eigenvalue weighted by Crippen LogP contribution is -2.47. The van der Waals surface area contributed by atoms with Crippen molar-refractivity contribution < 1.29 is 0 Å². The lowest BCUT2D eigenvalue weighted by atomic mass is 9.94. The van der Waals surface area contributed by atoms with Gasteiger partial charge in [0.05, 0.1) is 0 Å². The van der Waals surface area contributed by atoms with Crippen LogP contribution < -0.4 is 10.6 Å². The van der Waals surface area contributed by atoms with Crippen molar-refractivity contribution in [1.29, 1.82) is 0 Å². The Balaban J connectivity index is 1.82. The zero-order chi connectivity index (χ0) is 12.3. The predicted molar refractivity (Wildman–Crippen MR) is 75.8 cm³/mol. The molecule has 1 saturated heterocycles. The first kappa shape index (κ1) is 13.1. The van der Waals surface area contributed by atoms with E-state index in [1.165, 1.54) is 41.1 Å². The molecule has 0 aromatic carbocycles. The highest BCUT2D eigenvalue weighted by Crippen LogP contribution is 2.23. The number of hydrogen-bond donors (Lipinski definition) is 2. The van der Waals surface area contributed by atoms with Crippen LogP contribution in [0.4, 0.5) is 0 Å². The summed E-state index contributed by atoms with van der Waals surface area (Å²) in [5.74, 6) is 0. The summed E-state index contributed by atoms with van der Waals surface area (Å²) in [6.45, 7) is 9.99. The van der Waals surface area contributed by atoms with Crippen LogP contribution in [-0.4, -0.2) is 18.6 Å². The van der Waals surface area contributed by atoms with Crippen molar-refractivity contribution in [1.82, 2.24) is 10.6 Å². The minimum Gasteiger partial charge on any atom is -0.310 e. The van der Waals surface area contributed by atoms with Crippen molar-refractivity contribution in [2.24, 2.45) is 0 Å². The van der Waals surface area contributed by atoms with Crippen molar-refractivity contribution >= 4 is 11.3 Å². The second kappa shape index (κ2) is 5.51. The van der Waals surface area contributed by atoms with Gasteiger partial charge < -0.3 is 10.6 Å². The number of rotatable bonds is 5. The SMILES string of the molecule is CCC1(CNCc2cc(C)c(C)s2)CCCN1. The van der Waals surface area contributed by atoms with E-state index in [0.717, 1.165) is 13.1 Å². The summed E-state index contributed by atoms with van der Waals surface area (Å²) in [7, 11) is 0. The fourth-order valence-corrected chi connectivity index (χ4v) is 3.63. The summed E-state index contributed by atoms with van der Waals surface area (Å²) in [5.41, 5.74) is 1.79. The molecule has 1 aliphatic heterocycles. The van der Waals surface area contributed by atoms with Crippen molar-refractivity contribution in [2.75, 3.05) is 13.1 Å². The van der Waals surface area contributed by atoms with Crippen LogP contribution in [0.25, 0.3) is 0 Å². The summed E-state index contributed by atoms with van der Waals surface area (Å²) >= 11 is 1.92. The van der Waals surface area contributed by atoms with Crippen LogP contribution in [0.15, 0.2) is 6.07 Å². The van der Waals surface area contributed by atoms with Gasteiger partial charge in [-0.15, -0.1) is 11.3 Å². The zero-order valence-electron chi connectivity index (χ0n) is 11.2. The van der Waals surface area contributed by atoms with Crippen LogP contribution >= 0.6 is 11.3 Å². The molecule has 1 atom stereocenters. The van der Waals surface area contributed by atoms with Gasteiger partial charge in [-0.05, 0) is 51.3 Å². The Morgan fingerprint density at radius 2 is 2.29 bits per heavy atom. The molecule has 1 aromatic rings. The molecule has 1 unspecified atom stereocenters. The Hall–Kier alpha value is -0.380. The number of aryl methyl sites for hydroxylation is 2. The van der Waals surface area contributed by atoms with E-state index in [-0.39, 0.29) is 0 Å². The Morgan fingerprint density at radius 1 is 1.47 bits per heavy atom. The third-order valence-electron chi connectivity index (χ3n) is 3.99. The van der Waals surface area contributed by atoms with Gasteiger partial charge in [0.2, 0.25) is 0 Å². The van der Waals surface area contributed by atoms with E-state index in [4.69, 9.17) is 0 Å². The molecular formula is C14H24N2S. The lowest BCUT2D eigenvalue weighted by molar-refractivity contribution is 0.340. The van der Waals surface area contributed by atoms with E-state index in [2.05, 4.69) is 37.5 Å². The maximum absolute atomic E-state index is 3.66. The second-order valence-electron chi connectivity index (χ2n) is 5.22. The summed E-state index contributed by atoms with van der Waals surface area (Å²) in [5, 5.41) is 7.29. The van der Waals surface area contributed by atoms with Gasteiger partial charge in [0.15, 0.2) is 0 Å². The highest BCUT2D eigenvalue weighted by Gasteiger charge is 2.30. The molecule has 0 spiro atoms. The highest BCUT2D eigenvalue weighted by molar-refractivity contribution is 7.12. The zero-order valence-corrected chi connectivity index (χ0v) is 12.0. The summed E-state index contributed by atoms with van der Waals surface area (Å²) in [6.07, 6.45) is 3.87. The van der Waals surface area contributed by atoms with E-state index < -0.39 is 0 Å². The number of thiophene rings is 1. The van der Waals surface area contributed by atoms with E-state index in [0.29, 0.717) is 5.54 Å². The van der Waals surface area contributed by atoms with Crippen LogP contribution in [0.3, 0.4) is 0 Å². The Labute approximate surface area is 109 Å². The molecule has 1 fully saturated rings. The molecule has 0 bridgehead atoms. The fourth-order valence-electron chi connectivity index (χ4n) is 2.61. The first-order chi connectivity index (χ1) is 8.15. The molecule has 3 heteroatoms. The van der Waals surface area contributed by atoms with Gasteiger partial charge in [0, 0.05) is 28.4 Å². The van der Waals surface area contributed by atoms with E-state index in [1.807, 2.05) is 11.3 Å². The average molecular weight is 252 g/mol. The van der Waals surface area contributed by atoms with Gasteiger partial charge in [-0.25, -0.2) is 0 Å². The van der Waals surface area contributed by atoms with Crippen LogP contribution in [0, 0.1) is 13.8 Å². The minimum atomic E-state index is 0.362. The monoisotopic (exact) mass is 252 g/mol. The van der Waals surface area contributed by atoms with Gasteiger partial charge in [-0.2, -0.15) is 0 Å². The summed E-state index contributed by atoms with van der Waals surface area (Å²) in [4.78, 5) is 2.91. The molecule has 17 heavy (non-hydrogen) atoms. The first-order valence-electron chi connectivity index (χ1n) is 6.67. The molecule has 0 amide bonds. The third kappa shape index (κ3) is 3.09. The molecule has 2 N–H and O–H groups in total. The molecule has 0 saturated carbocycles. The molecule has 0 radical (unpaired) electrons. The van der Waals surface area contributed by atoms with Crippen LogP contribution in [-0.2, 0) is 6.54 Å². The van der Waals surface area contributed by atoms with Crippen LogP contribution in [0.1, 0.15) is 41.5 Å². The van der Waals surface area contributed by atoms with Crippen molar-refractivity contribution in [3.8, 4) is 0 Å². The Morgan fingerprint density at radius 3 is 2.82 bits per heavy atom. The van der Waals surface area contributed by atoms with Crippen LogP contribution in [0.2, 0.25) is 0 Å². The van der Waals surface area contributed by atoms with Gasteiger partial charge in [-0.3, -0.25) is 0 Å². The fraction of sp³-hybridized carbons (Fsp3) is 0.714. The normalized spacial score (nSPS) is 24.4. The smallest absolute Gasteiger partial charge is 0.0304 e. The second-order valence-corrected chi connectivity index (χ2v) is 6.56. The predicted octanol–water partition coefficient (Wildman–Crippen LogP) is 2.99. The molecule has 0 aliphatic carbocycles. The average Bonchev–Trinajstić information content (AvgIpc) is 2.89. The minimum absolute atomic E-state index is 0.362. The Kier molecular flexibility index (Phi) is 4.23. The standard InChI is InChI=1S/C14H24N2S/c1-4-14(6-5-7-16-14)10-15-9-13-8-11(2)12(3)17-13/h8,15-16H,4-7,9-10H2,1-3H3. The van der Waals surface area contributed by atoms with E-state index >= 15 is 0 Å². The van der Waals surface area contributed by atoms with E-state index in [9.17, 15) is 0 Å². The third-order valence-corrected chi connectivity index (χ3v) is 5.14. The maximum Gasteiger partial charge on any atom is 0.0304 e. The molecule has 1 aromatic heterocycles. The molecule has 2 heterocycles. The largest absolute Gasteiger partial charge is 0.310 e. The summed E-state index contributed by atoms with van der Waals surface area (Å²) < 4.78 is 0. The highest BCUT2D eigenvalue weighted by atomic mass is 32.1. The molecule has 1 aliphatic rings. The molecule has 96 valence electrons. The van der Waals surface area contributed by atoms with Crippen molar-refractivity contribution in [2.45, 2.75) is 52.1 Å². The van der Waals surface area contributed by atoms with Gasteiger partial charge >= 0.3 is 0 Å². The van der Waals surface area contributed by atoms with Gasteiger partial charge in [0.1, 0.15) is 0 Å². The number of nitrogens with one attached hydrogen (secondary N) is 2. The van der Waals surface area contributed by atoms with Crippen molar-refractivity contribution in [3.63, 3.8) is 0 Å².